The molecule has 2 N–H and O–H groups in total. The summed E-state index contributed by atoms with van der Waals surface area (Å²) in [6.07, 6.45) is 3.63. The molecule has 3 heterocycles. The second kappa shape index (κ2) is 11.4. The summed E-state index contributed by atoms with van der Waals surface area (Å²) >= 11 is 2.39. The maximum Gasteiger partial charge on any atom is 0.281 e. The van der Waals surface area contributed by atoms with E-state index < -0.39 is 5.91 Å². The summed E-state index contributed by atoms with van der Waals surface area (Å²) in [5, 5.41) is 18.0. The summed E-state index contributed by atoms with van der Waals surface area (Å²) in [6.45, 7) is 3.38. The number of nitrogens with zero attached hydrogens (tertiary/aromatic N) is 4. The van der Waals surface area contributed by atoms with Crippen LogP contribution >= 0.6 is 23.1 Å². The zero-order valence-corrected chi connectivity index (χ0v) is 20.0. The van der Waals surface area contributed by atoms with E-state index in [0.29, 0.717) is 23.2 Å². The Morgan fingerprint density at radius 2 is 2.15 bits per heavy atom. The van der Waals surface area contributed by atoms with Crippen molar-refractivity contribution in [3.8, 4) is 11.4 Å². The van der Waals surface area contributed by atoms with Crippen molar-refractivity contribution in [3.05, 3.63) is 42.0 Å². The van der Waals surface area contributed by atoms with Gasteiger partial charge in [-0.05, 0) is 44.0 Å². The minimum atomic E-state index is -0.522. The molecule has 0 aliphatic carbocycles. The SMILES string of the molecule is CCOc1cn(-c2ccc(F)cc2)nc1C(=O)Nc1nnc(SCC(=O)NCC2CCCO2)s1. The Morgan fingerprint density at radius 3 is 2.88 bits per heavy atom. The minimum Gasteiger partial charge on any atom is -0.490 e. The molecule has 10 nitrogen and oxygen atoms in total. The second-order valence-corrected chi connectivity index (χ2v) is 9.45. The Balaban J connectivity index is 1.34. The van der Waals surface area contributed by atoms with E-state index in [1.54, 1.807) is 25.3 Å². The number of rotatable bonds is 10. The van der Waals surface area contributed by atoms with Crippen molar-refractivity contribution >= 4 is 40.0 Å². The standard InChI is InChI=1S/C21H23FN6O4S2/c1-2-31-16-11-28(14-7-5-13(22)6-8-14)27-18(16)19(30)24-20-25-26-21(34-20)33-12-17(29)23-10-15-4-3-9-32-15/h5-8,11,15H,2-4,9-10,12H2,1H3,(H,23,29)(H,24,25,30). The van der Waals surface area contributed by atoms with Crippen molar-refractivity contribution in [1.82, 2.24) is 25.3 Å². The van der Waals surface area contributed by atoms with Crippen LogP contribution in [0.4, 0.5) is 9.52 Å². The number of aromatic nitrogens is 4. The van der Waals surface area contributed by atoms with Crippen LogP contribution in [0.15, 0.2) is 34.8 Å². The van der Waals surface area contributed by atoms with Gasteiger partial charge in [0, 0.05) is 13.2 Å². The molecule has 1 unspecified atom stereocenters. The molecule has 34 heavy (non-hydrogen) atoms. The van der Waals surface area contributed by atoms with Crippen LogP contribution in [-0.4, -0.2) is 63.4 Å². The number of carbonyl (C=O) groups is 2. The maximum absolute atomic E-state index is 13.2. The average Bonchev–Trinajstić information content (AvgIpc) is 3.58. The van der Waals surface area contributed by atoms with Crippen LogP contribution in [-0.2, 0) is 9.53 Å². The number of amides is 2. The number of hydrogen-bond acceptors (Lipinski definition) is 9. The van der Waals surface area contributed by atoms with Gasteiger partial charge in [0.25, 0.3) is 5.91 Å². The molecule has 1 saturated heterocycles. The largest absolute Gasteiger partial charge is 0.490 e. The van der Waals surface area contributed by atoms with Gasteiger partial charge in [0.2, 0.25) is 11.0 Å². The zero-order chi connectivity index (χ0) is 23.9. The molecule has 1 fully saturated rings. The van der Waals surface area contributed by atoms with E-state index in [1.807, 2.05) is 0 Å². The van der Waals surface area contributed by atoms with Gasteiger partial charge in [0.05, 0.1) is 30.3 Å². The van der Waals surface area contributed by atoms with E-state index in [9.17, 15) is 14.0 Å². The molecule has 180 valence electrons. The summed E-state index contributed by atoms with van der Waals surface area (Å²) in [7, 11) is 0. The van der Waals surface area contributed by atoms with Gasteiger partial charge < -0.3 is 14.8 Å². The minimum absolute atomic E-state index is 0.0593. The van der Waals surface area contributed by atoms with Crippen molar-refractivity contribution < 1.29 is 23.5 Å². The third kappa shape index (κ3) is 6.30. The van der Waals surface area contributed by atoms with Crippen molar-refractivity contribution in [2.24, 2.45) is 0 Å². The molecule has 2 amide bonds. The third-order valence-electron chi connectivity index (χ3n) is 4.79. The lowest BCUT2D eigenvalue weighted by Crippen LogP contribution is -2.32. The highest BCUT2D eigenvalue weighted by Crippen LogP contribution is 2.27. The van der Waals surface area contributed by atoms with Gasteiger partial charge in [-0.1, -0.05) is 23.1 Å². The first kappa shape index (κ1) is 24.1. The number of ether oxygens (including phenoxy) is 2. The quantitative estimate of drug-likeness (QED) is 0.318. The average molecular weight is 507 g/mol. The number of benzene rings is 1. The van der Waals surface area contributed by atoms with Crippen LogP contribution in [0.1, 0.15) is 30.3 Å². The predicted octanol–water partition coefficient (Wildman–Crippen LogP) is 2.90. The molecular weight excluding hydrogens is 483 g/mol. The summed E-state index contributed by atoms with van der Waals surface area (Å²) in [4.78, 5) is 24.9. The highest BCUT2D eigenvalue weighted by Gasteiger charge is 2.21. The Kier molecular flexibility index (Phi) is 8.08. The first-order chi connectivity index (χ1) is 16.5. The predicted molar refractivity (Wildman–Crippen MR) is 125 cm³/mol. The highest BCUT2D eigenvalue weighted by atomic mass is 32.2. The fraction of sp³-hybridized carbons (Fsp3) is 0.381. The molecule has 4 rings (SSSR count). The van der Waals surface area contributed by atoms with E-state index in [-0.39, 0.29) is 40.2 Å². The molecule has 2 aromatic heterocycles. The number of anilines is 1. The fourth-order valence-corrected chi connectivity index (χ4v) is 4.77. The molecule has 1 aliphatic rings. The molecule has 0 saturated carbocycles. The van der Waals surface area contributed by atoms with Crippen LogP contribution in [0.3, 0.4) is 0 Å². The molecule has 3 aromatic rings. The van der Waals surface area contributed by atoms with Crippen LogP contribution in [0, 0.1) is 5.82 Å². The van der Waals surface area contributed by atoms with Crippen LogP contribution in [0.25, 0.3) is 5.69 Å². The Morgan fingerprint density at radius 1 is 1.32 bits per heavy atom. The summed E-state index contributed by atoms with van der Waals surface area (Å²) in [5.41, 5.74) is 0.637. The number of hydrogen-bond donors (Lipinski definition) is 2. The maximum atomic E-state index is 13.2. The number of halogens is 1. The second-order valence-electron chi connectivity index (χ2n) is 7.25. The number of nitrogens with one attached hydrogen (secondary N) is 2. The first-order valence-electron chi connectivity index (χ1n) is 10.7. The van der Waals surface area contributed by atoms with E-state index in [4.69, 9.17) is 9.47 Å². The van der Waals surface area contributed by atoms with Gasteiger partial charge in [-0.25, -0.2) is 9.07 Å². The van der Waals surface area contributed by atoms with Crippen molar-refractivity contribution in [1.29, 1.82) is 0 Å². The molecule has 1 atom stereocenters. The molecular formula is C21H23FN6O4S2. The Hall–Kier alpha value is -3.03. The van der Waals surface area contributed by atoms with Crippen LogP contribution in [0.5, 0.6) is 5.75 Å². The molecule has 13 heteroatoms. The molecule has 0 spiro atoms. The van der Waals surface area contributed by atoms with Gasteiger partial charge in [0.15, 0.2) is 15.8 Å². The highest BCUT2D eigenvalue weighted by molar-refractivity contribution is 8.01. The summed E-state index contributed by atoms with van der Waals surface area (Å²) in [6, 6.07) is 5.70. The lowest BCUT2D eigenvalue weighted by atomic mass is 10.2. The number of carbonyl (C=O) groups excluding carboxylic acids is 2. The summed E-state index contributed by atoms with van der Waals surface area (Å²) in [5.74, 6) is -0.540. The lowest BCUT2D eigenvalue weighted by molar-refractivity contribution is -0.119. The van der Waals surface area contributed by atoms with Crippen molar-refractivity contribution in [2.45, 2.75) is 30.2 Å². The first-order valence-corrected chi connectivity index (χ1v) is 12.5. The smallest absolute Gasteiger partial charge is 0.281 e. The summed E-state index contributed by atoms with van der Waals surface area (Å²) < 4.78 is 26.2. The third-order valence-corrected chi connectivity index (χ3v) is 6.76. The van der Waals surface area contributed by atoms with Crippen molar-refractivity contribution in [2.75, 3.05) is 30.8 Å². The van der Waals surface area contributed by atoms with E-state index in [0.717, 1.165) is 30.8 Å². The molecule has 0 radical (unpaired) electrons. The Labute approximate surface area is 203 Å². The molecule has 0 bridgehead atoms. The van der Waals surface area contributed by atoms with E-state index in [2.05, 4.69) is 25.9 Å². The van der Waals surface area contributed by atoms with Crippen LogP contribution in [0.2, 0.25) is 0 Å². The van der Waals surface area contributed by atoms with Gasteiger partial charge in [-0.3, -0.25) is 14.9 Å². The lowest BCUT2D eigenvalue weighted by Gasteiger charge is -2.09. The molecule has 1 aromatic carbocycles. The van der Waals surface area contributed by atoms with Crippen LogP contribution < -0.4 is 15.4 Å². The fourth-order valence-electron chi connectivity index (χ4n) is 3.19. The zero-order valence-electron chi connectivity index (χ0n) is 18.3. The van der Waals surface area contributed by atoms with Gasteiger partial charge in [-0.15, -0.1) is 10.2 Å². The van der Waals surface area contributed by atoms with E-state index >= 15 is 0 Å². The topological polar surface area (TPSA) is 120 Å². The van der Waals surface area contributed by atoms with Gasteiger partial charge >= 0.3 is 0 Å². The van der Waals surface area contributed by atoms with E-state index in [1.165, 1.54) is 28.6 Å². The monoisotopic (exact) mass is 506 g/mol. The Bertz CT molecular complexity index is 1130. The molecule has 1 aliphatic heterocycles. The number of thioether (sulfide) groups is 1. The van der Waals surface area contributed by atoms with Gasteiger partial charge in [-0.2, -0.15) is 5.10 Å². The van der Waals surface area contributed by atoms with Crippen molar-refractivity contribution in [3.63, 3.8) is 0 Å². The normalized spacial score (nSPS) is 15.3. The van der Waals surface area contributed by atoms with Gasteiger partial charge in [0.1, 0.15) is 5.82 Å².